The topological polar surface area (TPSA) is 91.4 Å². The molecule has 0 unspecified atom stereocenters. The number of hydrogen-bond donors (Lipinski definition) is 3. The highest BCUT2D eigenvalue weighted by molar-refractivity contribution is 6.31. The Hall–Kier alpha value is -2.05. The van der Waals surface area contributed by atoms with Gasteiger partial charge in [-0.2, -0.15) is 0 Å². The van der Waals surface area contributed by atoms with Crippen molar-refractivity contribution >= 4 is 28.4 Å². The first-order valence-corrected chi connectivity index (χ1v) is 5.74. The summed E-state index contributed by atoms with van der Waals surface area (Å²) in [6.07, 6.45) is 0. The zero-order valence-corrected chi connectivity index (χ0v) is 10.7. The number of aromatic nitrogens is 1. The lowest BCUT2D eigenvalue weighted by molar-refractivity contribution is 0.0868. The van der Waals surface area contributed by atoms with Gasteiger partial charge in [0, 0.05) is 17.5 Å². The molecule has 0 aliphatic rings. The molecule has 0 saturated carbocycles. The van der Waals surface area contributed by atoms with Crippen LogP contribution in [0.1, 0.15) is 10.4 Å². The number of carbonyl (C=O) groups is 1. The molecule has 100 valence electrons. The van der Waals surface area contributed by atoms with Crippen LogP contribution in [0, 0.1) is 0 Å². The molecule has 1 heterocycles. The van der Waals surface area contributed by atoms with E-state index in [9.17, 15) is 14.7 Å². The predicted octanol–water partition coefficient (Wildman–Crippen LogP) is 1.22. The number of ether oxygens (including phenoxy) is 1. The quantitative estimate of drug-likeness (QED) is 0.738. The number of fused-ring (bicyclic) bond motifs is 1. The van der Waals surface area contributed by atoms with Gasteiger partial charge in [-0.15, -0.1) is 0 Å². The van der Waals surface area contributed by atoms with Gasteiger partial charge in [-0.25, -0.2) is 0 Å². The number of amides is 1. The zero-order chi connectivity index (χ0) is 14.0. The molecular formula is C12H11ClN2O4. The Kier molecular flexibility index (Phi) is 3.73. The molecule has 3 N–H and O–H groups in total. The summed E-state index contributed by atoms with van der Waals surface area (Å²) < 4.78 is 4.67. The van der Waals surface area contributed by atoms with E-state index < -0.39 is 17.2 Å². The summed E-state index contributed by atoms with van der Waals surface area (Å²) >= 11 is 5.82. The van der Waals surface area contributed by atoms with Gasteiger partial charge in [0.05, 0.1) is 5.52 Å². The van der Waals surface area contributed by atoms with Crippen molar-refractivity contribution in [3.63, 3.8) is 0 Å². The predicted molar refractivity (Wildman–Crippen MR) is 70.6 cm³/mol. The minimum atomic E-state index is -0.720. The minimum absolute atomic E-state index is 0.0642. The van der Waals surface area contributed by atoms with E-state index in [1.165, 1.54) is 13.2 Å². The van der Waals surface area contributed by atoms with Gasteiger partial charge < -0.3 is 20.1 Å². The van der Waals surface area contributed by atoms with Crippen LogP contribution in [0.4, 0.5) is 0 Å². The fraction of sp³-hybridized carbons (Fsp3) is 0.167. The molecule has 0 radical (unpaired) electrons. The van der Waals surface area contributed by atoms with Gasteiger partial charge in [0.15, 0.2) is 0 Å². The third kappa shape index (κ3) is 2.54. The van der Waals surface area contributed by atoms with E-state index in [0.717, 1.165) is 0 Å². The van der Waals surface area contributed by atoms with Crippen LogP contribution < -0.4 is 10.9 Å². The molecule has 0 aliphatic heterocycles. The van der Waals surface area contributed by atoms with E-state index in [1.807, 2.05) is 0 Å². The van der Waals surface area contributed by atoms with E-state index in [0.29, 0.717) is 15.9 Å². The SMILES string of the molecule is COCNC(=O)c1c(O)c2cc(Cl)ccc2[nH]c1=O. The Morgan fingerprint density at radius 1 is 1.53 bits per heavy atom. The van der Waals surface area contributed by atoms with Gasteiger partial charge in [0.25, 0.3) is 11.5 Å². The highest BCUT2D eigenvalue weighted by atomic mass is 35.5. The van der Waals surface area contributed by atoms with Crippen LogP contribution >= 0.6 is 11.6 Å². The summed E-state index contributed by atoms with van der Waals surface area (Å²) in [6, 6.07) is 4.59. The first-order valence-electron chi connectivity index (χ1n) is 5.36. The van der Waals surface area contributed by atoms with E-state index in [1.54, 1.807) is 12.1 Å². The Morgan fingerprint density at radius 2 is 2.26 bits per heavy atom. The lowest BCUT2D eigenvalue weighted by Crippen LogP contribution is -2.31. The van der Waals surface area contributed by atoms with E-state index >= 15 is 0 Å². The van der Waals surface area contributed by atoms with Crippen molar-refractivity contribution in [2.24, 2.45) is 0 Å². The number of pyridine rings is 1. The van der Waals surface area contributed by atoms with Crippen LogP contribution in [0.15, 0.2) is 23.0 Å². The van der Waals surface area contributed by atoms with Gasteiger partial charge in [0.1, 0.15) is 18.0 Å². The Bertz CT molecular complexity index is 696. The molecule has 1 aromatic carbocycles. The van der Waals surface area contributed by atoms with Crippen LogP contribution in [0.25, 0.3) is 10.9 Å². The molecule has 7 heteroatoms. The molecule has 0 bridgehead atoms. The van der Waals surface area contributed by atoms with Crippen LogP contribution in [0.3, 0.4) is 0 Å². The van der Waals surface area contributed by atoms with Crippen molar-refractivity contribution in [2.75, 3.05) is 13.8 Å². The number of benzene rings is 1. The van der Waals surface area contributed by atoms with Crippen LogP contribution in [0.2, 0.25) is 5.02 Å². The lowest BCUT2D eigenvalue weighted by atomic mass is 10.1. The van der Waals surface area contributed by atoms with Gasteiger partial charge in [-0.1, -0.05) is 11.6 Å². The molecule has 0 spiro atoms. The van der Waals surface area contributed by atoms with Crippen LogP contribution in [-0.4, -0.2) is 29.8 Å². The van der Waals surface area contributed by atoms with Crippen molar-refractivity contribution in [3.05, 3.63) is 39.1 Å². The summed E-state index contributed by atoms with van der Waals surface area (Å²) in [7, 11) is 1.39. The highest BCUT2D eigenvalue weighted by Gasteiger charge is 2.18. The molecule has 0 atom stereocenters. The van der Waals surface area contributed by atoms with Crippen molar-refractivity contribution in [1.82, 2.24) is 10.3 Å². The van der Waals surface area contributed by atoms with Gasteiger partial charge in [-0.3, -0.25) is 9.59 Å². The summed E-state index contributed by atoms with van der Waals surface area (Å²) in [5, 5.41) is 13.1. The maximum atomic E-state index is 11.8. The minimum Gasteiger partial charge on any atom is -0.506 e. The van der Waals surface area contributed by atoms with Crippen molar-refractivity contribution in [2.45, 2.75) is 0 Å². The zero-order valence-electron chi connectivity index (χ0n) is 9.99. The smallest absolute Gasteiger partial charge is 0.265 e. The van der Waals surface area contributed by atoms with Gasteiger partial charge >= 0.3 is 0 Å². The number of halogens is 1. The van der Waals surface area contributed by atoms with Crippen molar-refractivity contribution in [3.8, 4) is 5.75 Å². The van der Waals surface area contributed by atoms with Crippen LogP contribution in [0.5, 0.6) is 5.75 Å². The Labute approximate surface area is 113 Å². The largest absolute Gasteiger partial charge is 0.506 e. The molecule has 0 saturated heterocycles. The maximum absolute atomic E-state index is 11.8. The molecule has 6 nitrogen and oxygen atoms in total. The number of aromatic amines is 1. The number of aromatic hydroxyl groups is 1. The van der Waals surface area contributed by atoms with E-state index in [-0.39, 0.29) is 12.3 Å². The normalized spacial score (nSPS) is 10.6. The number of methoxy groups -OCH3 is 1. The third-order valence-electron chi connectivity index (χ3n) is 2.55. The second kappa shape index (κ2) is 5.29. The number of nitrogens with one attached hydrogen (secondary N) is 2. The molecule has 0 fully saturated rings. The van der Waals surface area contributed by atoms with Gasteiger partial charge in [-0.05, 0) is 18.2 Å². The second-order valence-electron chi connectivity index (χ2n) is 3.81. The first-order chi connectivity index (χ1) is 9.04. The monoisotopic (exact) mass is 282 g/mol. The number of hydrogen-bond acceptors (Lipinski definition) is 4. The summed E-state index contributed by atoms with van der Waals surface area (Å²) in [4.78, 5) is 26.1. The molecule has 1 amide bonds. The Balaban J connectivity index is 2.61. The second-order valence-corrected chi connectivity index (χ2v) is 4.24. The number of carbonyl (C=O) groups excluding carboxylic acids is 1. The maximum Gasteiger partial charge on any atom is 0.265 e. The average Bonchev–Trinajstić information content (AvgIpc) is 2.37. The van der Waals surface area contributed by atoms with Gasteiger partial charge in [0.2, 0.25) is 0 Å². The fourth-order valence-corrected chi connectivity index (χ4v) is 1.86. The standard InChI is InChI=1S/C12H11ClN2O4/c1-19-5-14-11(17)9-10(16)7-4-6(13)2-3-8(7)15-12(9)18/h2-4H,5H2,1H3,(H,14,17)(H2,15,16,18). The fourth-order valence-electron chi connectivity index (χ4n) is 1.69. The highest BCUT2D eigenvalue weighted by Crippen LogP contribution is 2.27. The molecule has 1 aromatic heterocycles. The lowest BCUT2D eigenvalue weighted by Gasteiger charge is -2.08. The summed E-state index contributed by atoms with van der Waals surface area (Å²) in [5.41, 5.74) is -0.650. The molecule has 2 rings (SSSR count). The molecular weight excluding hydrogens is 272 g/mol. The van der Waals surface area contributed by atoms with E-state index in [4.69, 9.17) is 11.6 Å². The molecule has 2 aromatic rings. The molecule has 0 aliphatic carbocycles. The molecule has 19 heavy (non-hydrogen) atoms. The number of H-pyrrole nitrogens is 1. The average molecular weight is 283 g/mol. The van der Waals surface area contributed by atoms with Crippen molar-refractivity contribution < 1.29 is 14.6 Å². The third-order valence-corrected chi connectivity index (χ3v) is 2.79. The van der Waals surface area contributed by atoms with E-state index in [2.05, 4.69) is 15.0 Å². The first kappa shape index (κ1) is 13.4. The summed E-state index contributed by atoms with van der Waals surface area (Å²) in [5.74, 6) is -1.13. The number of rotatable bonds is 3. The van der Waals surface area contributed by atoms with Crippen LogP contribution in [-0.2, 0) is 4.74 Å². The summed E-state index contributed by atoms with van der Waals surface area (Å²) in [6.45, 7) is -0.0642. The Morgan fingerprint density at radius 3 is 2.95 bits per heavy atom. The van der Waals surface area contributed by atoms with Crippen molar-refractivity contribution in [1.29, 1.82) is 0 Å².